The zero-order valence-corrected chi connectivity index (χ0v) is 20.1. The number of fused-ring (bicyclic) bond motifs is 1. The number of ketones is 1. The second kappa shape index (κ2) is 11.1. The number of carbonyl (C=O) groups is 4. The Kier molecular flexibility index (Phi) is 7.72. The first-order valence-corrected chi connectivity index (χ1v) is 12.3. The van der Waals surface area contributed by atoms with E-state index in [1.807, 2.05) is 0 Å². The number of hydrogen-bond acceptors (Lipinski definition) is 7. The summed E-state index contributed by atoms with van der Waals surface area (Å²) in [6.45, 7) is 1.40. The molecule has 3 aromatic rings. The maximum absolute atomic E-state index is 12.9. The van der Waals surface area contributed by atoms with Gasteiger partial charge in [-0.3, -0.25) is 9.59 Å². The van der Waals surface area contributed by atoms with Crippen LogP contribution in [0.2, 0.25) is 0 Å². The van der Waals surface area contributed by atoms with Crippen LogP contribution in [0.25, 0.3) is 0 Å². The minimum absolute atomic E-state index is 0.0768. The first-order chi connectivity index (χ1) is 17.0. The molecule has 4 rings (SSSR count). The second-order valence-electron chi connectivity index (χ2n) is 8.00. The van der Waals surface area contributed by atoms with Crippen LogP contribution in [-0.2, 0) is 27.1 Å². The molecule has 0 aliphatic heterocycles. The van der Waals surface area contributed by atoms with Gasteiger partial charge in [-0.05, 0) is 44.2 Å². The van der Waals surface area contributed by atoms with Crippen LogP contribution in [0.3, 0.4) is 0 Å². The Morgan fingerprint density at radius 1 is 0.857 bits per heavy atom. The maximum Gasteiger partial charge on any atom is 0.341 e. The number of ether oxygens (including phenoxy) is 2. The summed E-state index contributed by atoms with van der Waals surface area (Å²) >= 11 is 1.36. The standard InChI is InChI=1S/C27H25NO6S/c1-2-33-27(32)23-20-14-8-9-15-21(20)35-25(23)28-22(29)16-34-26(31)19-13-7-6-12-18(19)24(30)17-10-4-3-5-11-17/h3-7,10-13H,2,8-9,14-16H2,1H3,(H,28,29). The number of amides is 1. The molecule has 180 valence electrons. The normalized spacial score (nSPS) is 12.4. The van der Waals surface area contributed by atoms with E-state index in [2.05, 4.69) is 5.32 Å². The van der Waals surface area contributed by atoms with Gasteiger partial charge >= 0.3 is 11.9 Å². The van der Waals surface area contributed by atoms with Crippen LogP contribution in [0, 0.1) is 0 Å². The summed E-state index contributed by atoms with van der Waals surface area (Å²) in [4.78, 5) is 51.9. The molecule has 1 heterocycles. The molecular weight excluding hydrogens is 466 g/mol. The van der Waals surface area contributed by atoms with E-state index in [0.717, 1.165) is 36.1 Å². The molecule has 0 saturated heterocycles. The van der Waals surface area contributed by atoms with E-state index in [9.17, 15) is 19.2 Å². The number of benzene rings is 2. The summed E-state index contributed by atoms with van der Waals surface area (Å²) < 4.78 is 10.4. The molecule has 0 saturated carbocycles. The van der Waals surface area contributed by atoms with Gasteiger partial charge in [-0.25, -0.2) is 9.59 Å². The Balaban J connectivity index is 1.46. The average molecular weight is 492 g/mol. The summed E-state index contributed by atoms with van der Waals surface area (Å²) in [6, 6.07) is 14.9. The zero-order chi connectivity index (χ0) is 24.8. The molecular formula is C27H25NO6S. The summed E-state index contributed by atoms with van der Waals surface area (Å²) in [6.07, 6.45) is 3.62. The Hall–Kier alpha value is -3.78. The van der Waals surface area contributed by atoms with Gasteiger partial charge in [0.15, 0.2) is 12.4 Å². The Morgan fingerprint density at radius 2 is 1.54 bits per heavy atom. The van der Waals surface area contributed by atoms with Gasteiger partial charge in [-0.2, -0.15) is 0 Å². The first-order valence-electron chi connectivity index (χ1n) is 11.5. The molecule has 0 bridgehead atoms. The van der Waals surface area contributed by atoms with Gasteiger partial charge in [-0.1, -0.05) is 48.5 Å². The molecule has 0 spiro atoms. The monoisotopic (exact) mass is 491 g/mol. The lowest BCUT2D eigenvalue weighted by Crippen LogP contribution is -2.23. The van der Waals surface area contributed by atoms with Crippen LogP contribution >= 0.6 is 11.3 Å². The van der Waals surface area contributed by atoms with E-state index in [1.165, 1.54) is 17.4 Å². The highest BCUT2D eigenvalue weighted by Gasteiger charge is 2.27. The van der Waals surface area contributed by atoms with Crippen molar-refractivity contribution in [3.05, 3.63) is 87.3 Å². The van der Waals surface area contributed by atoms with Crippen molar-refractivity contribution in [3.8, 4) is 0 Å². The van der Waals surface area contributed by atoms with E-state index in [-0.39, 0.29) is 23.5 Å². The van der Waals surface area contributed by atoms with Gasteiger partial charge in [-0.15, -0.1) is 11.3 Å². The van der Waals surface area contributed by atoms with Crippen molar-refractivity contribution in [3.63, 3.8) is 0 Å². The topological polar surface area (TPSA) is 98.8 Å². The third-order valence-electron chi connectivity index (χ3n) is 5.67. The quantitative estimate of drug-likeness (QED) is 0.358. The lowest BCUT2D eigenvalue weighted by atomic mass is 9.95. The molecule has 2 aromatic carbocycles. The minimum Gasteiger partial charge on any atom is -0.462 e. The number of aryl methyl sites for hydroxylation is 1. The lowest BCUT2D eigenvalue weighted by molar-refractivity contribution is -0.119. The molecule has 0 atom stereocenters. The fourth-order valence-electron chi connectivity index (χ4n) is 4.05. The van der Waals surface area contributed by atoms with Crippen molar-refractivity contribution in [1.82, 2.24) is 0 Å². The Labute approximate surface area is 207 Å². The van der Waals surface area contributed by atoms with E-state index in [1.54, 1.807) is 55.5 Å². The van der Waals surface area contributed by atoms with Crippen LogP contribution in [0.5, 0.6) is 0 Å². The van der Waals surface area contributed by atoms with Crippen molar-refractivity contribution in [1.29, 1.82) is 0 Å². The van der Waals surface area contributed by atoms with Crippen molar-refractivity contribution >= 4 is 40.0 Å². The summed E-state index contributed by atoms with van der Waals surface area (Å²) in [7, 11) is 0. The van der Waals surface area contributed by atoms with Crippen molar-refractivity contribution in [2.45, 2.75) is 32.6 Å². The van der Waals surface area contributed by atoms with Gasteiger partial charge in [0.2, 0.25) is 0 Å². The number of carbonyl (C=O) groups excluding carboxylic acids is 4. The molecule has 1 aliphatic rings. The van der Waals surface area contributed by atoms with Gasteiger partial charge in [0.1, 0.15) is 5.00 Å². The van der Waals surface area contributed by atoms with Crippen molar-refractivity contribution in [2.75, 3.05) is 18.5 Å². The zero-order valence-electron chi connectivity index (χ0n) is 19.3. The van der Waals surface area contributed by atoms with E-state index < -0.39 is 24.5 Å². The summed E-state index contributed by atoms with van der Waals surface area (Å²) in [5.41, 5.74) is 2.04. The van der Waals surface area contributed by atoms with Gasteiger partial charge < -0.3 is 14.8 Å². The lowest BCUT2D eigenvalue weighted by Gasteiger charge is -2.12. The SMILES string of the molecule is CCOC(=O)c1c(NC(=O)COC(=O)c2ccccc2C(=O)c2ccccc2)sc2c1CCCC2. The molecule has 0 fully saturated rings. The fraction of sp³-hybridized carbons (Fsp3) is 0.259. The highest BCUT2D eigenvalue weighted by Crippen LogP contribution is 2.38. The Bertz CT molecular complexity index is 1260. The molecule has 1 N–H and O–H groups in total. The van der Waals surface area contributed by atoms with Crippen molar-refractivity contribution in [2.24, 2.45) is 0 Å². The number of esters is 2. The number of thiophene rings is 1. The predicted octanol–water partition coefficient (Wildman–Crippen LogP) is 4.83. The minimum atomic E-state index is -0.781. The molecule has 8 heteroatoms. The first kappa shape index (κ1) is 24.3. The highest BCUT2D eigenvalue weighted by atomic mass is 32.1. The molecule has 1 aliphatic carbocycles. The van der Waals surface area contributed by atoms with E-state index in [0.29, 0.717) is 16.1 Å². The molecule has 0 unspecified atom stereocenters. The highest BCUT2D eigenvalue weighted by molar-refractivity contribution is 7.17. The smallest absolute Gasteiger partial charge is 0.341 e. The third-order valence-corrected chi connectivity index (χ3v) is 6.87. The molecule has 7 nitrogen and oxygen atoms in total. The number of nitrogens with one attached hydrogen (secondary N) is 1. The predicted molar refractivity (Wildman–Crippen MR) is 132 cm³/mol. The summed E-state index contributed by atoms with van der Waals surface area (Å²) in [5.74, 6) is -2.14. The van der Waals surface area contributed by atoms with Crippen LogP contribution in [0.1, 0.15) is 66.8 Å². The summed E-state index contributed by atoms with van der Waals surface area (Å²) in [5, 5.41) is 3.12. The largest absolute Gasteiger partial charge is 0.462 e. The molecule has 1 amide bonds. The van der Waals surface area contributed by atoms with Gasteiger partial charge in [0.25, 0.3) is 5.91 Å². The van der Waals surface area contributed by atoms with Gasteiger partial charge in [0, 0.05) is 16.0 Å². The fourth-order valence-corrected chi connectivity index (χ4v) is 5.34. The number of anilines is 1. The number of hydrogen-bond donors (Lipinski definition) is 1. The van der Waals surface area contributed by atoms with E-state index in [4.69, 9.17) is 9.47 Å². The molecule has 35 heavy (non-hydrogen) atoms. The second-order valence-corrected chi connectivity index (χ2v) is 9.11. The van der Waals surface area contributed by atoms with Gasteiger partial charge in [0.05, 0.1) is 17.7 Å². The van der Waals surface area contributed by atoms with Crippen LogP contribution in [-0.4, -0.2) is 36.8 Å². The van der Waals surface area contributed by atoms with Crippen LogP contribution in [0.15, 0.2) is 54.6 Å². The van der Waals surface area contributed by atoms with Crippen LogP contribution in [0.4, 0.5) is 5.00 Å². The maximum atomic E-state index is 12.9. The van der Waals surface area contributed by atoms with Crippen molar-refractivity contribution < 1.29 is 28.7 Å². The van der Waals surface area contributed by atoms with E-state index >= 15 is 0 Å². The molecule has 1 aromatic heterocycles. The third kappa shape index (κ3) is 5.49. The molecule has 0 radical (unpaired) electrons. The number of rotatable bonds is 8. The average Bonchev–Trinajstić information content (AvgIpc) is 3.25. The Morgan fingerprint density at radius 3 is 2.29 bits per heavy atom. The van der Waals surface area contributed by atoms with Crippen LogP contribution < -0.4 is 5.32 Å².